The lowest BCUT2D eigenvalue weighted by atomic mass is 10.1. The lowest BCUT2D eigenvalue weighted by molar-refractivity contribution is 0.547. The van der Waals surface area contributed by atoms with Crippen molar-refractivity contribution in [1.29, 1.82) is 0 Å². The number of rotatable bonds is 2. The normalized spacial score (nSPS) is 11.1. The summed E-state index contributed by atoms with van der Waals surface area (Å²) < 4.78 is 24.9. The van der Waals surface area contributed by atoms with Crippen LogP contribution in [0.25, 0.3) is 10.8 Å². The number of hydrogen-bond donors (Lipinski definition) is 0. The number of terminal acetylenes is 1. The molecule has 2 aromatic carbocycles. The van der Waals surface area contributed by atoms with Crippen LogP contribution in [0.5, 0.6) is 0 Å². The number of nitrogens with zero attached hydrogens (tertiary/aromatic N) is 1. The first-order chi connectivity index (χ1) is 8.05. The van der Waals surface area contributed by atoms with E-state index in [4.69, 9.17) is 6.42 Å². The molecule has 0 bridgehead atoms. The highest BCUT2D eigenvalue weighted by Gasteiger charge is 2.18. The van der Waals surface area contributed by atoms with Crippen molar-refractivity contribution in [3.63, 3.8) is 0 Å². The second kappa shape index (κ2) is 4.11. The predicted molar refractivity (Wildman–Crippen MR) is 67.7 cm³/mol. The molecular formula is C13H11NO2S. The van der Waals surface area contributed by atoms with Crippen LogP contribution in [0.4, 0.5) is 0 Å². The molecule has 0 radical (unpaired) electrons. The molecule has 0 heterocycles. The van der Waals surface area contributed by atoms with Crippen molar-refractivity contribution < 1.29 is 8.42 Å². The molecule has 0 spiro atoms. The predicted octanol–water partition coefficient (Wildman–Crippen LogP) is 2.05. The summed E-state index contributed by atoms with van der Waals surface area (Å²) in [5, 5.41) is 1.87. The van der Waals surface area contributed by atoms with Gasteiger partial charge in [0.15, 0.2) is 0 Å². The Morgan fingerprint density at radius 2 is 1.76 bits per heavy atom. The van der Waals surface area contributed by atoms with E-state index in [2.05, 4.69) is 6.04 Å². The van der Waals surface area contributed by atoms with Crippen LogP contribution in [-0.2, 0) is 10.0 Å². The van der Waals surface area contributed by atoms with Gasteiger partial charge in [0, 0.05) is 13.1 Å². The van der Waals surface area contributed by atoms with Crippen LogP contribution in [0.3, 0.4) is 0 Å². The van der Waals surface area contributed by atoms with Crippen molar-refractivity contribution in [3.05, 3.63) is 42.5 Å². The standard InChI is InChI=1S/C13H11NO2S/c1-3-14(2)17(15,16)13-9-8-11-6-4-5-7-12(11)10-13/h1,4-10H,2H3. The van der Waals surface area contributed by atoms with Crippen molar-refractivity contribution in [1.82, 2.24) is 4.31 Å². The maximum Gasteiger partial charge on any atom is 0.270 e. The van der Waals surface area contributed by atoms with E-state index >= 15 is 0 Å². The van der Waals surface area contributed by atoms with E-state index in [1.165, 1.54) is 7.05 Å². The summed E-state index contributed by atoms with van der Waals surface area (Å²) in [6.07, 6.45) is 5.10. The first kappa shape index (κ1) is 11.5. The molecule has 0 N–H and O–H groups in total. The first-order valence-electron chi connectivity index (χ1n) is 4.99. The summed E-state index contributed by atoms with van der Waals surface area (Å²) in [6, 6.07) is 14.6. The van der Waals surface area contributed by atoms with E-state index in [-0.39, 0.29) is 4.90 Å². The molecule has 0 saturated heterocycles. The van der Waals surface area contributed by atoms with Gasteiger partial charge in [0.25, 0.3) is 10.0 Å². The van der Waals surface area contributed by atoms with Crippen molar-refractivity contribution in [3.8, 4) is 12.5 Å². The quantitative estimate of drug-likeness (QED) is 0.600. The Morgan fingerprint density at radius 1 is 1.12 bits per heavy atom. The van der Waals surface area contributed by atoms with Crippen LogP contribution in [0.15, 0.2) is 47.4 Å². The molecule has 0 saturated carbocycles. The Hall–Kier alpha value is -1.99. The van der Waals surface area contributed by atoms with Gasteiger partial charge >= 0.3 is 0 Å². The molecule has 4 heteroatoms. The maximum atomic E-state index is 12.0. The summed E-state index contributed by atoms with van der Waals surface area (Å²) >= 11 is 0. The molecule has 0 aliphatic carbocycles. The minimum Gasteiger partial charge on any atom is -0.228 e. The van der Waals surface area contributed by atoms with Crippen LogP contribution >= 0.6 is 0 Å². The maximum absolute atomic E-state index is 12.0. The Bertz CT molecular complexity index is 699. The molecule has 0 aliphatic heterocycles. The third-order valence-electron chi connectivity index (χ3n) is 2.56. The Morgan fingerprint density at radius 3 is 2.41 bits per heavy atom. The smallest absolute Gasteiger partial charge is 0.228 e. The molecule has 2 rings (SSSR count). The lowest BCUT2D eigenvalue weighted by Gasteiger charge is -2.12. The molecule has 86 valence electrons. The molecular weight excluding hydrogens is 234 g/mol. The second-order valence-electron chi connectivity index (χ2n) is 3.61. The molecule has 2 aromatic rings. The largest absolute Gasteiger partial charge is 0.270 e. The van der Waals surface area contributed by atoms with E-state index in [1.807, 2.05) is 24.3 Å². The Kier molecular flexibility index (Phi) is 2.78. The molecule has 17 heavy (non-hydrogen) atoms. The fraction of sp³-hybridized carbons (Fsp3) is 0.0769. The first-order valence-corrected chi connectivity index (χ1v) is 6.43. The monoisotopic (exact) mass is 245 g/mol. The zero-order valence-corrected chi connectivity index (χ0v) is 10.1. The van der Waals surface area contributed by atoms with Crippen LogP contribution < -0.4 is 0 Å². The van der Waals surface area contributed by atoms with Crippen LogP contribution in [0.1, 0.15) is 0 Å². The second-order valence-corrected chi connectivity index (χ2v) is 5.58. The highest BCUT2D eigenvalue weighted by Crippen LogP contribution is 2.20. The van der Waals surface area contributed by atoms with Gasteiger partial charge in [-0.3, -0.25) is 0 Å². The van der Waals surface area contributed by atoms with Gasteiger partial charge in [-0.2, -0.15) is 0 Å². The molecule has 0 aromatic heterocycles. The minimum atomic E-state index is -3.58. The average Bonchev–Trinajstić information content (AvgIpc) is 2.37. The van der Waals surface area contributed by atoms with Crippen LogP contribution in [-0.4, -0.2) is 19.8 Å². The number of benzene rings is 2. The fourth-order valence-electron chi connectivity index (χ4n) is 1.56. The topological polar surface area (TPSA) is 37.4 Å². The van der Waals surface area contributed by atoms with Gasteiger partial charge in [0.05, 0.1) is 4.90 Å². The van der Waals surface area contributed by atoms with Crippen molar-refractivity contribution >= 4 is 20.8 Å². The van der Waals surface area contributed by atoms with E-state index in [1.54, 1.807) is 18.2 Å². The number of hydrogen-bond acceptors (Lipinski definition) is 2. The van der Waals surface area contributed by atoms with Crippen molar-refractivity contribution in [2.45, 2.75) is 4.90 Å². The summed E-state index contributed by atoms with van der Waals surface area (Å²) in [5.74, 6) is 0. The minimum absolute atomic E-state index is 0.205. The van der Waals surface area contributed by atoms with Gasteiger partial charge < -0.3 is 0 Å². The summed E-state index contributed by atoms with van der Waals surface area (Å²) in [5.41, 5.74) is 0. The summed E-state index contributed by atoms with van der Waals surface area (Å²) in [7, 11) is -2.23. The average molecular weight is 245 g/mol. The zero-order chi connectivity index (χ0) is 12.5. The van der Waals surface area contributed by atoms with Gasteiger partial charge in [0.2, 0.25) is 0 Å². The third kappa shape index (κ3) is 1.97. The molecule has 0 amide bonds. The third-order valence-corrected chi connectivity index (χ3v) is 4.24. The fourth-order valence-corrected chi connectivity index (χ4v) is 2.53. The summed E-state index contributed by atoms with van der Waals surface area (Å²) in [4.78, 5) is 0.205. The van der Waals surface area contributed by atoms with E-state index in [9.17, 15) is 8.42 Å². The van der Waals surface area contributed by atoms with Gasteiger partial charge in [-0.05, 0) is 22.9 Å². The number of fused-ring (bicyclic) bond motifs is 1. The van der Waals surface area contributed by atoms with Crippen molar-refractivity contribution in [2.24, 2.45) is 0 Å². The highest BCUT2D eigenvalue weighted by molar-refractivity contribution is 7.89. The van der Waals surface area contributed by atoms with Gasteiger partial charge in [0.1, 0.15) is 0 Å². The SMILES string of the molecule is C#CN(C)S(=O)(=O)c1ccc2ccccc2c1. The molecule has 0 fully saturated rings. The number of sulfonamides is 1. The van der Waals surface area contributed by atoms with Crippen molar-refractivity contribution in [2.75, 3.05) is 7.05 Å². The summed E-state index contributed by atoms with van der Waals surface area (Å²) in [6.45, 7) is 0. The van der Waals surface area contributed by atoms with E-state index in [0.29, 0.717) is 0 Å². The Balaban J connectivity index is 2.62. The van der Waals surface area contributed by atoms with E-state index in [0.717, 1.165) is 15.1 Å². The van der Waals surface area contributed by atoms with Crippen LogP contribution in [0, 0.1) is 12.5 Å². The molecule has 0 aliphatic rings. The molecule has 0 unspecified atom stereocenters. The highest BCUT2D eigenvalue weighted by atomic mass is 32.2. The van der Waals surface area contributed by atoms with Crippen LogP contribution in [0.2, 0.25) is 0 Å². The Labute approximate surface area is 101 Å². The van der Waals surface area contributed by atoms with Gasteiger partial charge in [-0.15, -0.1) is 0 Å². The lowest BCUT2D eigenvalue weighted by Crippen LogP contribution is -2.21. The molecule has 3 nitrogen and oxygen atoms in total. The van der Waals surface area contributed by atoms with Gasteiger partial charge in [-0.25, -0.2) is 12.7 Å². The zero-order valence-electron chi connectivity index (χ0n) is 9.29. The van der Waals surface area contributed by atoms with E-state index < -0.39 is 10.0 Å². The molecule has 0 atom stereocenters. The van der Waals surface area contributed by atoms with Gasteiger partial charge in [-0.1, -0.05) is 36.8 Å².